The normalized spacial score (nSPS) is 18.4. The maximum absolute atomic E-state index is 13.1. The van der Waals surface area contributed by atoms with Gasteiger partial charge in [0, 0.05) is 42.4 Å². The Bertz CT molecular complexity index is 1050. The van der Waals surface area contributed by atoms with E-state index in [1.54, 1.807) is 12.1 Å². The second-order valence-corrected chi connectivity index (χ2v) is 10.3. The number of sulfonamides is 1. The lowest BCUT2D eigenvalue weighted by Gasteiger charge is -2.36. The van der Waals surface area contributed by atoms with E-state index in [2.05, 4.69) is 21.2 Å². The van der Waals surface area contributed by atoms with Crippen LogP contribution in [0.5, 0.6) is 11.5 Å². The van der Waals surface area contributed by atoms with E-state index >= 15 is 0 Å². The Morgan fingerprint density at radius 2 is 1.65 bits per heavy atom. The number of halogens is 1. The molecule has 31 heavy (non-hydrogen) atoms. The van der Waals surface area contributed by atoms with E-state index in [1.807, 2.05) is 36.1 Å². The summed E-state index contributed by atoms with van der Waals surface area (Å²) in [6.07, 6.45) is 0. The fraction of sp³-hybridized carbons (Fsp3) is 0.381. The van der Waals surface area contributed by atoms with Crippen molar-refractivity contribution >= 4 is 37.5 Å². The van der Waals surface area contributed by atoms with Crippen molar-refractivity contribution in [1.29, 1.82) is 0 Å². The molecule has 1 amide bonds. The number of hydrogen-bond donors (Lipinski definition) is 1. The quantitative estimate of drug-likeness (QED) is 0.666. The zero-order valence-corrected chi connectivity index (χ0v) is 19.5. The third-order valence-corrected chi connectivity index (χ3v) is 7.89. The summed E-state index contributed by atoms with van der Waals surface area (Å²) in [6, 6.07) is 11.7. The maximum atomic E-state index is 13.1. The van der Waals surface area contributed by atoms with Gasteiger partial charge >= 0.3 is 0 Å². The van der Waals surface area contributed by atoms with Crippen LogP contribution < -0.4 is 14.8 Å². The highest BCUT2D eigenvalue weighted by atomic mass is 79.9. The number of hydrogen-bond acceptors (Lipinski definition) is 6. The lowest BCUT2D eigenvalue weighted by atomic mass is 10.2. The molecule has 10 heteroatoms. The first-order valence-corrected chi connectivity index (χ1v) is 12.3. The molecule has 0 spiro atoms. The van der Waals surface area contributed by atoms with Gasteiger partial charge in [-0.05, 0) is 43.3 Å². The summed E-state index contributed by atoms with van der Waals surface area (Å²) in [6.45, 7) is 4.25. The molecule has 2 heterocycles. The van der Waals surface area contributed by atoms with Gasteiger partial charge in [-0.3, -0.25) is 9.69 Å². The SMILES string of the molecule is C[C@@H](C(=O)Nc1ccc(Br)cc1)N1CCN(S(=O)(=O)c2ccc3c(c2)OCCO3)CC1. The molecule has 1 saturated heterocycles. The van der Waals surface area contributed by atoms with Crippen LogP contribution in [0.4, 0.5) is 5.69 Å². The van der Waals surface area contributed by atoms with Gasteiger partial charge in [-0.15, -0.1) is 0 Å². The maximum Gasteiger partial charge on any atom is 0.243 e. The summed E-state index contributed by atoms with van der Waals surface area (Å²) in [5.74, 6) is 0.885. The second kappa shape index (κ2) is 9.15. The van der Waals surface area contributed by atoms with Gasteiger partial charge in [0.25, 0.3) is 0 Å². The van der Waals surface area contributed by atoms with E-state index in [1.165, 1.54) is 10.4 Å². The van der Waals surface area contributed by atoms with Gasteiger partial charge in [-0.2, -0.15) is 4.31 Å². The number of ether oxygens (including phenoxy) is 2. The number of anilines is 1. The van der Waals surface area contributed by atoms with Crippen molar-refractivity contribution in [2.45, 2.75) is 17.9 Å². The molecule has 4 rings (SSSR count). The average Bonchev–Trinajstić information content (AvgIpc) is 2.79. The first-order chi connectivity index (χ1) is 14.8. The van der Waals surface area contributed by atoms with Crippen molar-refractivity contribution in [2.24, 2.45) is 0 Å². The van der Waals surface area contributed by atoms with Gasteiger partial charge < -0.3 is 14.8 Å². The zero-order valence-electron chi connectivity index (χ0n) is 17.1. The molecule has 1 N–H and O–H groups in total. The van der Waals surface area contributed by atoms with Crippen molar-refractivity contribution in [3.8, 4) is 11.5 Å². The molecule has 2 aliphatic heterocycles. The monoisotopic (exact) mass is 509 g/mol. The molecule has 0 unspecified atom stereocenters. The molecule has 1 atom stereocenters. The number of amides is 1. The number of piperazine rings is 1. The van der Waals surface area contributed by atoms with Crippen LogP contribution in [0.25, 0.3) is 0 Å². The standard InChI is InChI=1S/C21H24BrN3O5S/c1-15(21(26)23-17-4-2-16(22)3-5-17)24-8-10-25(11-9-24)31(27,28)18-6-7-19-20(14-18)30-13-12-29-19/h2-7,14-15H,8-13H2,1H3,(H,23,26)/t15-/m0/s1. The number of carbonyl (C=O) groups excluding carboxylic acids is 1. The van der Waals surface area contributed by atoms with Crippen molar-refractivity contribution in [1.82, 2.24) is 9.21 Å². The van der Waals surface area contributed by atoms with Gasteiger partial charge in [0.05, 0.1) is 10.9 Å². The third-order valence-electron chi connectivity index (χ3n) is 5.46. The number of fused-ring (bicyclic) bond motifs is 1. The van der Waals surface area contributed by atoms with Crippen molar-refractivity contribution in [3.63, 3.8) is 0 Å². The van der Waals surface area contributed by atoms with Gasteiger partial charge in [0.2, 0.25) is 15.9 Å². The van der Waals surface area contributed by atoms with Gasteiger partial charge in [-0.1, -0.05) is 15.9 Å². The summed E-state index contributed by atoms with van der Waals surface area (Å²) in [4.78, 5) is 14.8. The predicted molar refractivity (Wildman–Crippen MR) is 120 cm³/mol. The molecule has 0 aliphatic carbocycles. The highest BCUT2D eigenvalue weighted by molar-refractivity contribution is 9.10. The highest BCUT2D eigenvalue weighted by Crippen LogP contribution is 2.33. The average molecular weight is 510 g/mol. The number of carbonyl (C=O) groups is 1. The van der Waals surface area contributed by atoms with E-state index in [0.29, 0.717) is 50.9 Å². The first kappa shape index (κ1) is 22.1. The summed E-state index contributed by atoms with van der Waals surface area (Å²) in [5.41, 5.74) is 0.722. The third kappa shape index (κ3) is 4.87. The molecule has 8 nitrogen and oxygen atoms in total. The largest absolute Gasteiger partial charge is 0.486 e. The van der Waals surface area contributed by atoms with Crippen LogP contribution in [-0.2, 0) is 14.8 Å². The Labute approximate surface area is 190 Å². The summed E-state index contributed by atoms with van der Waals surface area (Å²) < 4.78 is 39.5. The Morgan fingerprint density at radius 3 is 2.32 bits per heavy atom. The lowest BCUT2D eigenvalue weighted by Crippen LogP contribution is -2.53. The van der Waals surface area contributed by atoms with Crippen LogP contribution in [0, 0.1) is 0 Å². The Balaban J connectivity index is 1.37. The molecule has 1 fully saturated rings. The molecule has 2 aromatic carbocycles. The number of nitrogens with zero attached hydrogens (tertiary/aromatic N) is 2. The second-order valence-electron chi connectivity index (χ2n) is 7.42. The van der Waals surface area contributed by atoms with Gasteiger partial charge in [0.15, 0.2) is 11.5 Å². The van der Waals surface area contributed by atoms with Crippen molar-refractivity contribution < 1.29 is 22.7 Å². The van der Waals surface area contributed by atoms with Crippen LogP contribution in [-0.4, -0.2) is 69.0 Å². The first-order valence-electron chi connectivity index (χ1n) is 10.0. The summed E-state index contributed by atoms with van der Waals surface area (Å²) in [7, 11) is -3.65. The Kier molecular flexibility index (Phi) is 6.52. The molecule has 0 radical (unpaired) electrons. The van der Waals surface area contributed by atoms with Crippen LogP contribution in [0.3, 0.4) is 0 Å². The molecular weight excluding hydrogens is 486 g/mol. The summed E-state index contributed by atoms with van der Waals surface area (Å²) >= 11 is 3.37. The lowest BCUT2D eigenvalue weighted by molar-refractivity contribution is -0.121. The Morgan fingerprint density at radius 1 is 1.00 bits per heavy atom. The van der Waals surface area contributed by atoms with Crippen molar-refractivity contribution in [2.75, 3.05) is 44.7 Å². The number of rotatable bonds is 5. The minimum absolute atomic E-state index is 0.120. The molecule has 166 valence electrons. The number of benzene rings is 2. The van der Waals surface area contributed by atoms with Crippen LogP contribution in [0.2, 0.25) is 0 Å². The fourth-order valence-corrected chi connectivity index (χ4v) is 5.31. The molecule has 0 bridgehead atoms. The van der Waals surface area contributed by atoms with Gasteiger partial charge in [0.1, 0.15) is 13.2 Å². The number of nitrogens with one attached hydrogen (secondary N) is 1. The van der Waals surface area contributed by atoms with E-state index in [9.17, 15) is 13.2 Å². The predicted octanol–water partition coefficient (Wildman–Crippen LogP) is 2.55. The van der Waals surface area contributed by atoms with E-state index in [0.717, 1.165) is 10.2 Å². The topological polar surface area (TPSA) is 88.2 Å². The Hall–Kier alpha value is -2.14. The molecular formula is C21H24BrN3O5S. The van der Waals surface area contributed by atoms with E-state index in [-0.39, 0.29) is 16.8 Å². The highest BCUT2D eigenvalue weighted by Gasteiger charge is 2.32. The van der Waals surface area contributed by atoms with E-state index in [4.69, 9.17) is 9.47 Å². The summed E-state index contributed by atoms with van der Waals surface area (Å²) in [5, 5.41) is 2.90. The van der Waals surface area contributed by atoms with Gasteiger partial charge in [-0.25, -0.2) is 8.42 Å². The van der Waals surface area contributed by atoms with E-state index < -0.39 is 10.0 Å². The minimum atomic E-state index is -3.65. The molecule has 2 aromatic rings. The minimum Gasteiger partial charge on any atom is -0.486 e. The van der Waals surface area contributed by atoms with Crippen LogP contribution in [0.15, 0.2) is 51.8 Å². The molecule has 0 saturated carbocycles. The van der Waals surface area contributed by atoms with Crippen LogP contribution in [0.1, 0.15) is 6.92 Å². The smallest absolute Gasteiger partial charge is 0.243 e. The molecule has 2 aliphatic rings. The van der Waals surface area contributed by atoms with Crippen molar-refractivity contribution in [3.05, 3.63) is 46.9 Å². The zero-order chi connectivity index (χ0) is 22.0. The molecule has 0 aromatic heterocycles. The fourth-order valence-electron chi connectivity index (χ4n) is 3.61. The van der Waals surface area contributed by atoms with Crippen LogP contribution >= 0.6 is 15.9 Å².